The minimum Gasteiger partial charge on any atom is -0.308 e. The van der Waals surface area contributed by atoms with E-state index in [2.05, 4.69) is 128 Å². The third-order valence-electron chi connectivity index (χ3n) is 9.41. The Balaban J connectivity index is 1.67. The number of hydrogen-bond donors (Lipinski definition) is 0. The van der Waals surface area contributed by atoms with Gasteiger partial charge in [0.05, 0.1) is 56.7 Å². The molecular weight excluding hydrogens is 560 g/mol. The molecule has 4 heteroatoms. The van der Waals surface area contributed by atoms with Crippen LogP contribution in [0.3, 0.4) is 0 Å². The fraction of sp³-hybridized carbons (Fsp3) is 0.0952. The van der Waals surface area contributed by atoms with E-state index >= 15 is 0 Å². The Morgan fingerprint density at radius 1 is 0.435 bits per heavy atom. The number of hydrogen-bond acceptors (Lipinski definition) is 2. The number of fused-ring (bicyclic) bond motifs is 6. The van der Waals surface area contributed by atoms with E-state index in [0.717, 1.165) is 66.8 Å². The molecule has 0 bridgehead atoms. The number of nitrogens with zero attached hydrogens (tertiary/aromatic N) is 4. The van der Waals surface area contributed by atoms with Gasteiger partial charge in [0.15, 0.2) is 0 Å². The van der Waals surface area contributed by atoms with Gasteiger partial charge in [-0.15, -0.1) is 0 Å². The van der Waals surface area contributed by atoms with Crippen molar-refractivity contribution in [3.8, 4) is 34.6 Å². The van der Waals surface area contributed by atoms with Crippen molar-refractivity contribution in [3.05, 3.63) is 143 Å². The molecule has 8 aromatic rings. The van der Waals surface area contributed by atoms with E-state index < -0.39 is 0 Å². The second kappa shape index (κ2) is 10.2. The molecule has 0 unspecified atom stereocenters. The monoisotopic (exact) mass is 590 g/mol. The average molecular weight is 591 g/mol. The van der Waals surface area contributed by atoms with Gasteiger partial charge >= 0.3 is 0 Å². The zero-order valence-corrected chi connectivity index (χ0v) is 26.2. The van der Waals surface area contributed by atoms with Crippen LogP contribution in [-0.4, -0.2) is 9.13 Å². The lowest BCUT2D eigenvalue weighted by atomic mass is 9.96. The first-order chi connectivity index (χ1) is 22.4. The van der Waals surface area contributed by atoms with Crippen LogP contribution in [0.5, 0.6) is 0 Å². The van der Waals surface area contributed by atoms with Crippen molar-refractivity contribution in [2.45, 2.75) is 27.7 Å². The van der Waals surface area contributed by atoms with Crippen molar-refractivity contribution in [3.63, 3.8) is 0 Å². The number of rotatable bonds is 3. The van der Waals surface area contributed by atoms with Crippen molar-refractivity contribution in [2.75, 3.05) is 0 Å². The Hall–Kier alpha value is -6.10. The molecule has 0 amide bonds. The molecule has 2 aromatic heterocycles. The zero-order valence-electron chi connectivity index (χ0n) is 26.2. The van der Waals surface area contributed by atoms with Gasteiger partial charge in [-0.25, -0.2) is 0 Å². The first-order valence-electron chi connectivity index (χ1n) is 15.5. The van der Waals surface area contributed by atoms with Crippen LogP contribution in [-0.2, 0) is 0 Å². The minimum absolute atomic E-state index is 0.569. The minimum atomic E-state index is 0.569. The maximum atomic E-state index is 10.6. The Kier molecular flexibility index (Phi) is 6.11. The molecule has 0 aliphatic rings. The standard InChI is InChI=1S/C42H30N4/c1-25-10-5-16-32-33-17-6-11-26(2)40(33)45(39(25)32)36-21-30(24-44)22-37(38(36)31-15-9-14-29(20-31)23-43)46-41-27(3)12-7-18-34(41)35-19-8-13-28(4)42(35)46/h5-22H,1-4H3. The summed E-state index contributed by atoms with van der Waals surface area (Å²) >= 11 is 0. The molecule has 0 N–H and O–H groups in total. The van der Waals surface area contributed by atoms with Crippen LogP contribution >= 0.6 is 0 Å². The molecule has 2 heterocycles. The van der Waals surface area contributed by atoms with Crippen LogP contribution in [0, 0.1) is 50.4 Å². The molecule has 0 saturated carbocycles. The van der Waals surface area contributed by atoms with E-state index in [1.54, 1.807) is 0 Å². The lowest BCUT2D eigenvalue weighted by Crippen LogP contribution is -2.06. The summed E-state index contributed by atoms with van der Waals surface area (Å²) in [5.74, 6) is 0. The van der Waals surface area contributed by atoms with Crippen molar-refractivity contribution in [1.29, 1.82) is 10.5 Å². The Labute approximate surface area is 267 Å². The molecule has 46 heavy (non-hydrogen) atoms. The first-order valence-corrected chi connectivity index (χ1v) is 15.5. The van der Waals surface area contributed by atoms with Crippen LogP contribution < -0.4 is 0 Å². The molecule has 0 radical (unpaired) electrons. The summed E-state index contributed by atoms with van der Waals surface area (Å²) in [5, 5.41) is 25.3. The Bertz CT molecular complexity index is 2390. The van der Waals surface area contributed by atoms with Crippen molar-refractivity contribution < 1.29 is 0 Å². The molecule has 8 rings (SSSR count). The van der Waals surface area contributed by atoms with E-state index in [4.69, 9.17) is 0 Å². The maximum Gasteiger partial charge on any atom is 0.0993 e. The lowest BCUT2D eigenvalue weighted by molar-refractivity contribution is 1.11. The molecule has 4 nitrogen and oxygen atoms in total. The highest BCUT2D eigenvalue weighted by atomic mass is 15.0. The predicted molar refractivity (Wildman–Crippen MR) is 189 cm³/mol. The Morgan fingerprint density at radius 3 is 1.17 bits per heavy atom. The van der Waals surface area contributed by atoms with Gasteiger partial charge in [-0.2, -0.15) is 10.5 Å². The molecule has 0 saturated heterocycles. The number of benzene rings is 6. The van der Waals surface area contributed by atoms with Crippen molar-refractivity contribution in [1.82, 2.24) is 9.13 Å². The van der Waals surface area contributed by atoms with Crippen LogP contribution in [0.2, 0.25) is 0 Å². The van der Waals surface area contributed by atoms with Gasteiger partial charge in [0.2, 0.25) is 0 Å². The number of para-hydroxylation sites is 4. The van der Waals surface area contributed by atoms with Gasteiger partial charge in [-0.05, 0) is 79.8 Å². The summed E-state index contributed by atoms with van der Waals surface area (Å²) in [4.78, 5) is 0. The quantitative estimate of drug-likeness (QED) is 0.206. The molecule has 0 fully saturated rings. The summed E-state index contributed by atoms with van der Waals surface area (Å²) in [6, 6.07) is 42.5. The summed E-state index contributed by atoms with van der Waals surface area (Å²) in [5.41, 5.74) is 13.9. The van der Waals surface area contributed by atoms with E-state index in [1.807, 2.05) is 30.3 Å². The molecule has 218 valence electrons. The van der Waals surface area contributed by atoms with Crippen LogP contribution in [0.25, 0.3) is 66.1 Å². The largest absolute Gasteiger partial charge is 0.308 e. The van der Waals surface area contributed by atoms with Gasteiger partial charge in [0.25, 0.3) is 0 Å². The molecule has 0 spiro atoms. The van der Waals surface area contributed by atoms with E-state index in [0.29, 0.717) is 11.1 Å². The van der Waals surface area contributed by atoms with Gasteiger partial charge in [-0.1, -0.05) is 84.9 Å². The second-order valence-corrected chi connectivity index (χ2v) is 12.2. The number of aryl methyl sites for hydroxylation is 4. The predicted octanol–water partition coefficient (Wildman–Crippen LogP) is 10.5. The highest BCUT2D eigenvalue weighted by molar-refractivity contribution is 6.14. The molecule has 0 aliphatic heterocycles. The normalized spacial score (nSPS) is 11.4. The summed E-state index contributed by atoms with van der Waals surface area (Å²) in [6.45, 7) is 8.60. The number of nitriles is 2. The molecule has 0 aliphatic carbocycles. The summed E-state index contributed by atoms with van der Waals surface area (Å²) in [7, 11) is 0. The van der Waals surface area contributed by atoms with E-state index in [-0.39, 0.29) is 0 Å². The van der Waals surface area contributed by atoms with Gasteiger partial charge < -0.3 is 9.13 Å². The second-order valence-electron chi connectivity index (χ2n) is 12.2. The third kappa shape index (κ3) is 3.84. The molecule has 0 atom stereocenters. The van der Waals surface area contributed by atoms with Gasteiger partial charge in [0.1, 0.15) is 0 Å². The van der Waals surface area contributed by atoms with E-state index in [1.165, 1.54) is 21.5 Å². The topological polar surface area (TPSA) is 57.4 Å². The fourth-order valence-electron chi connectivity index (χ4n) is 7.47. The highest BCUT2D eigenvalue weighted by Gasteiger charge is 2.25. The average Bonchev–Trinajstić information content (AvgIpc) is 3.61. The van der Waals surface area contributed by atoms with Crippen molar-refractivity contribution >= 4 is 43.6 Å². The van der Waals surface area contributed by atoms with Crippen LogP contribution in [0.15, 0.2) is 109 Å². The molecular formula is C42H30N4. The first kappa shape index (κ1) is 27.4. The highest BCUT2D eigenvalue weighted by Crippen LogP contribution is 2.44. The zero-order chi connectivity index (χ0) is 31.7. The van der Waals surface area contributed by atoms with Crippen LogP contribution in [0.1, 0.15) is 33.4 Å². The smallest absolute Gasteiger partial charge is 0.0993 e. The fourth-order valence-corrected chi connectivity index (χ4v) is 7.47. The maximum absolute atomic E-state index is 10.6. The summed E-state index contributed by atoms with van der Waals surface area (Å²) < 4.78 is 4.70. The number of aromatic nitrogens is 2. The Morgan fingerprint density at radius 2 is 0.804 bits per heavy atom. The van der Waals surface area contributed by atoms with Crippen LogP contribution in [0.4, 0.5) is 0 Å². The molecule has 6 aromatic carbocycles. The van der Waals surface area contributed by atoms with Gasteiger partial charge in [-0.3, -0.25) is 0 Å². The summed E-state index contributed by atoms with van der Waals surface area (Å²) in [6.07, 6.45) is 0. The van der Waals surface area contributed by atoms with Crippen molar-refractivity contribution in [2.24, 2.45) is 0 Å². The van der Waals surface area contributed by atoms with E-state index in [9.17, 15) is 10.5 Å². The SMILES string of the molecule is Cc1cccc2c3cccc(C)c3n(-c3cc(C#N)cc(-n4c5c(C)cccc5c5cccc(C)c54)c3-c3cccc(C#N)c3)c12. The van der Waals surface area contributed by atoms with Gasteiger partial charge in [0, 0.05) is 27.1 Å². The third-order valence-corrected chi connectivity index (χ3v) is 9.41. The lowest BCUT2D eigenvalue weighted by Gasteiger charge is -2.22.